The highest BCUT2D eigenvalue weighted by Gasteiger charge is 2.48. The van der Waals surface area contributed by atoms with Crippen LogP contribution in [-0.4, -0.2) is 6.71 Å². The smallest absolute Gasteiger partial charge is 0.264 e. The molecule has 3 heterocycles. The molecule has 0 fully saturated rings. The minimum absolute atomic E-state index is 0.0110. The van der Waals surface area contributed by atoms with Gasteiger partial charge in [-0.15, -0.1) is 11.3 Å². The Labute approximate surface area is 466 Å². The number of hydrogen-bond donors (Lipinski definition) is 0. The molecule has 3 aliphatic carbocycles. The number of thiophene rings is 1. The maximum atomic E-state index is 2.76. The van der Waals surface area contributed by atoms with Gasteiger partial charge in [-0.25, -0.2) is 0 Å². The van der Waals surface area contributed by atoms with Crippen LogP contribution in [0.15, 0.2) is 127 Å². The third-order valence-electron chi connectivity index (χ3n) is 20.2. The van der Waals surface area contributed by atoms with Crippen LogP contribution in [0, 0.1) is 6.92 Å². The van der Waals surface area contributed by atoms with E-state index < -0.39 is 0 Å². The van der Waals surface area contributed by atoms with Crippen molar-refractivity contribution in [3.63, 3.8) is 0 Å². The van der Waals surface area contributed by atoms with E-state index in [2.05, 4.69) is 259 Å². The summed E-state index contributed by atoms with van der Waals surface area (Å²) in [6.07, 6.45) is 7.07. The highest BCUT2D eigenvalue weighted by Crippen LogP contribution is 2.57. The summed E-state index contributed by atoms with van der Waals surface area (Å²) in [6, 6.07) is 51.5. The zero-order valence-corrected chi connectivity index (χ0v) is 50.1. The number of anilines is 6. The zero-order chi connectivity index (χ0) is 54.3. The third-order valence-corrected chi connectivity index (χ3v) is 21.4. The van der Waals surface area contributed by atoms with Gasteiger partial charge in [0, 0.05) is 43.2 Å². The lowest BCUT2D eigenvalue weighted by atomic mass is 9.36. The molecule has 77 heavy (non-hydrogen) atoms. The normalized spacial score (nSPS) is 19.7. The maximum Gasteiger partial charge on any atom is 0.264 e. The third kappa shape index (κ3) is 7.75. The molecule has 7 aromatic carbocycles. The first-order valence-electron chi connectivity index (χ1n) is 29.2. The second-order valence-electron chi connectivity index (χ2n) is 29.4. The zero-order valence-electron chi connectivity index (χ0n) is 49.2. The summed E-state index contributed by atoms with van der Waals surface area (Å²) in [5.41, 5.74) is 27.7. The maximum absolute atomic E-state index is 2.76. The quantitative estimate of drug-likeness (QED) is 0.162. The van der Waals surface area contributed by atoms with Crippen molar-refractivity contribution in [2.45, 2.75) is 187 Å². The summed E-state index contributed by atoms with van der Waals surface area (Å²) in [4.78, 5) is 5.50. The Hall–Kier alpha value is -5.84. The number of benzene rings is 7. The molecule has 0 bridgehead atoms. The number of nitrogens with zero attached hydrogens (tertiary/aromatic N) is 2. The second kappa shape index (κ2) is 16.6. The lowest BCUT2D eigenvalue weighted by molar-refractivity contribution is 0.332. The van der Waals surface area contributed by atoms with E-state index in [0.29, 0.717) is 0 Å². The predicted molar refractivity (Wildman–Crippen MR) is 336 cm³/mol. The molecule has 0 amide bonds. The van der Waals surface area contributed by atoms with Crippen molar-refractivity contribution in [2.75, 3.05) is 9.80 Å². The van der Waals surface area contributed by atoms with Gasteiger partial charge in [0.25, 0.3) is 6.71 Å². The molecule has 0 unspecified atom stereocenters. The van der Waals surface area contributed by atoms with Crippen LogP contribution in [0.1, 0.15) is 187 Å². The van der Waals surface area contributed by atoms with E-state index in [1.165, 1.54) is 159 Å². The molecule has 0 spiro atoms. The number of fused-ring (bicyclic) bond motifs is 9. The fourth-order valence-corrected chi connectivity index (χ4v) is 16.2. The van der Waals surface area contributed by atoms with E-state index in [1.807, 2.05) is 0 Å². The number of hydrogen-bond acceptors (Lipinski definition) is 3. The van der Waals surface area contributed by atoms with Gasteiger partial charge in [0.15, 0.2) is 0 Å². The van der Waals surface area contributed by atoms with Crippen molar-refractivity contribution < 1.29 is 0 Å². The summed E-state index contributed by atoms with van der Waals surface area (Å²) in [7, 11) is 0. The van der Waals surface area contributed by atoms with Gasteiger partial charge in [0.1, 0.15) is 0 Å². The van der Waals surface area contributed by atoms with Crippen molar-refractivity contribution in [1.29, 1.82) is 0 Å². The molecule has 0 saturated heterocycles. The molecule has 0 radical (unpaired) electrons. The molecular formula is C73H81BN2S. The first-order valence-corrected chi connectivity index (χ1v) is 30.0. The topological polar surface area (TPSA) is 6.48 Å². The highest BCUT2D eigenvalue weighted by molar-refractivity contribution is 7.33. The Balaban J connectivity index is 1.17. The molecule has 5 aliphatic rings. The van der Waals surface area contributed by atoms with Crippen LogP contribution in [0.4, 0.5) is 34.1 Å². The van der Waals surface area contributed by atoms with E-state index in [1.54, 1.807) is 0 Å². The monoisotopic (exact) mass is 1030 g/mol. The average molecular weight is 1030 g/mol. The van der Waals surface area contributed by atoms with Crippen molar-refractivity contribution in [2.24, 2.45) is 0 Å². The van der Waals surface area contributed by atoms with E-state index in [4.69, 9.17) is 0 Å². The van der Waals surface area contributed by atoms with Gasteiger partial charge in [0.05, 0.1) is 11.4 Å². The Kier molecular flexibility index (Phi) is 10.9. The fourth-order valence-electron chi connectivity index (χ4n) is 14.9. The molecular weight excluding hydrogens is 948 g/mol. The number of aryl methyl sites for hydroxylation is 1. The van der Waals surface area contributed by atoms with Gasteiger partial charge in [0.2, 0.25) is 0 Å². The molecule has 0 N–H and O–H groups in total. The summed E-state index contributed by atoms with van der Waals surface area (Å²) in [5, 5.41) is 1.39. The molecule has 1 aromatic heterocycles. The molecule has 0 atom stereocenters. The summed E-state index contributed by atoms with van der Waals surface area (Å²) in [5.74, 6) is 0. The summed E-state index contributed by atoms with van der Waals surface area (Å²) < 4.78 is 2.85. The van der Waals surface area contributed by atoms with Gasteiger partial charge < -0.3 is 9.80 Å². The Bertz CT molecular complexity index is 3780. The molecule has 2 nitrogen and oxygen atoms in total. The van der Waals surface area contributed by atoms with Crippen LogP contribution in [0.3, 0.4) is 0 Å². The van der Waals surface area contributed by atoms with Crippen molar-refractivity contribution in [3.05, 3.63) is 172 Å². The van der Waals surface area contributed by atoms with E-state index >= 15 is 0 Å². The first-order chi connectivity index (χ1) is 36.2. The highest BCUT2D eigenvalue weighted by atomic mass is 32.1. The van der Waals surface area contributed by atoms with Crippen molar-refractivity contribution in [3.8, 4) is 22.3 Å². The van der Waals surface area contributed by atoms with Crippen LogP contribution < -0.4 is 25.5 Å². The van der Waals surface area contributed by atoms with E-state index in [0.717, 1.165) is 6.42 Å². The van der Waals surface area contributed by atoms with Gasteiger partial charge in [-0.1, -0.05) is 177 Å². The Morgan fingerprint density at radius 2 is 0.974 bits per heavy atom. The van der Waals surface area contributed by atoms with Crippen molar-refractivity contribution >= 4 is 78.0 Å². The van der Waals surface area contributed by atoms with Gasteiger partial charge >= 0.3 is 0 Å². The average Bonchev–Trinajstić information content (AvgIpc) is 3.51. The first kappa shape index (κ1) is 50.7. The minimum Gasteiger partial charge on any atom is -0.311 e. The van der Waals surface area contributed by atoms with E-state index in [-0.39, 0.29) is 44.6 Å². The predicted octanol–water partition coefficient (Wildman–Crippen LogP) is 19.0. The van der Waals surface area contributed by atoms with Crippen LogP contribution in [-0.2, 0) is 37.9 Å². The lowest BCUT2D eigenvalue weighted by Crippen LogP contribution is -2.60. The van der Waals surface area contributed by atoms with Gasteiger partial charge in [-0.3, -0.25) is 0 Å². The summed E-state index contributed by atoms with van der Waals surface area (Å²) >= 11 is 2.07. The largest absolute Gasteiger partial charge is 0.311 e. The van der Waals surface area contributed by atoms with E-state index in [9.17, 15) is 0 Å². The fraction of sp³-hybridized carbons (Fsp3) is 0.397. The molecule has 8 aromatic rings. The van der Waals surface area contributed by atoms with Crippen LogP contribution in [0.2, 0.25) is 0 Å². The number of rotatable bonds is 4. The summed E-state index contributed by atoms with van der Waals surface area (Å²) in [6.45, 7) is 39.2. The Morgan fingerprint density at radius 1 is 0.442 bits per heavy atom. The van der Waals surface area contributed by atoms with Crippen LogP contribution >= 0.6 is 11.3 Å². The molecule has 13 rings (SSSR count). The minimum atomic E-state index is 0.0110. The lowest BCUT2D eigenvalue weighted by Gasteiger charge is -2.46. The van der Waals surface area contributed by atoms with Crippen molar-refractivity contribution in [1.82, 2.24) is 0 Å². The SMILES string of the molecule is Cc1cc2c3c(c1)N(c1ccc4c(c1)C(C)(C)CCC4(C)C)c1c(sc4cc5c(cc14)C(C)(C)CCC5(C)C)B3c1ccc(-c3cccc(C(C)(C)C)c3)cc1N2c1cc2c(cc1-c1ccccc1)C(C)(C)CCC2(C)C. The molecule has 4 heteroatoms. The van der Waals surface area contributed by atoms with Crippen LogP contribution in [0.5, 0.6) is 0 Å². The molecule has 392 valence electrons. The van der Waals surface area contributed by atoms with Gasteiger partial charge in [-0.2, -0.15) is 0 Å². The molecule has 2 aliphatic heterocycles. The standard InChI is InChI=1S/C73H81BN2S/c1-44-35-61-64-62(36-44)76(59-42-56-54(70(9,10)31-33-72(56,13)14)40-50(59)45-21-18-17-19-22-45)60-38-47(46-23-20-24-48(37-46)67(2,3)4)25-28-58(60)74(64)66-65(51-41-55-57(43-63(51)77-66)73(15,16)34-32-71(55,11)12)75(61)49-26-27-52-53(39-49)69(7,8)30-29-68(52,5)6/h17-28,35-43H,29-34H2,1-16H3. The Morgan fingerprint density at radius 3 is 1.60 bits per heavy atom. The molecule has 0 saturated carbocycles. The second-order valence-corrected chi connectivity index (χ2v) is 30.5. The van der Waals surface area contributed by atoms with Crippen LogP contribution in [0.25, 0.3) is 32.3 Å². The van der Waals surface area contributed by atoms with Gasteiger partial charge in [-0.05, 0) is 210 Å².